The molecule has 0 radical (unpaired) electrons. The SMILES string of the molecule is O=C(NCCSc1ccccc1)c1c2c(nc3ccccc13)CCC2. The highest BCUT2D eigenvalue weighted by Gasteiger charge is 2.23. The lowest BCUT2D eigenvalue weighted by Crippen LogP contribution is -2.27. The molecule has 1 heterocycles. The number of rotatable bonds is 5. The number of thioether (sulfide) groups is 1. The number of aromatic nitrogens is 1. The fourth-order valence-corrected chi connectivity index (χ4v) is 4.20. The van der Waals surface area contributed by atoms with Gasteiger partial charge in [-0.15, -0.1) is 11.8 Å². The molecule has 0 bridgehead atoms. The van der Waals surface area contributed by atoms with Crippen LogP contribution >= 0.6 is 11.8 Å². The molecule has 1 N–H and O–H groups in total. The van der Waals surface area contributed by atoms with Crippen molar-refractivity contribution in [1.82, 2.24) is 10.3 Å². The van der Waals surface area contributed by atoms with Gasteiger partial charge in [0.2, 0.25) is 0 Å². The molecule has 4 rings (SSSR count). The van der Waals surface area contributed by atoms with E-state index in [9.17, 15) is 4.79 Å². The predicted molar refractivity (Wildman–Crippen MR) is 103 cm³/mol. The van der Waals surface area contributed by atoms with E-state index in [2.05, 4.69) is 17.4 Å². The maximum Gasteiger partial charge on any atom is 0.252 e. The van der Waals surface area contributed by atoms with E-state index in [-0.39, 0.29) is 5.91 Å². The van der Waals surface area contributed by atoms with Gasteiger partial charge in [-0.3, -0.25) is 9.78 Å². The number of nitrogens with one attached hydrogen (secondary N) is 1. The minimum absolute atomic E-state index is 0.0328. The van der Waals surface area contributed by atoms with Crippen molar-refractivity contribution in [2.75, 3.05) is 12.3 Å². The third-order valence-corrected chi connectivity index (χ3v) is 5.56. The van der Waals surface area contributed by atoms with Crippen molar-refractivity contribution in [2.45, 2.75) is 24.2 Å². The molecule has 0 fully saturated rings. The number of pyridine rings is 1. The van der Waals surface area contributed by atoms with Gasteiger partial charge in [0.1, 0.15) is 0 Å². The van der Waals surface area contributed by atoms with Crippen LogP contribution in [0, 0.1) is 0 Å². The number of benzene rings is 2. The van der Waals surface area contributed by atoms with Crippen molar-refractivity contribution in [2.24, 2.45) is 0 Å². The second-order valence-electron chi connectivity index (χ2n) is 6.20. The predicted octanol–water partition coefficient (Wildman–Crippen LogP) is 4.25. The van der Waals surface area contributed by atoms with Crippen molar-refractivity contribution in [3.05, 3.63) is 71.4 Å². The van der Waals surface area contributed by atoms with E-state index in [1.54, 1.807) is 11.8 Å². The van der Waals surface area contributed by atoms with E-state index in [0.29, 0.717) is 6.54 Å². The summed E-state index contributed by atoms with van der Waals surface area (Å²) < 4.78 is 0. The Balaban J connectivity index is 1.50. The quantitative estimate of drug-likeness (QED) is 0.554. The number of hydrogen-bond acceptors (Lipinski definition) is 3. The van der Waals surface area contributed by atoms with Gasteiger partial charge in [-0.1, -0.05) is 36.4 Å². The molecule has 25 heavy (non-hydrogen) atoms. The van der Waals surface area contributed by atoms with Crippen molar-refractivity contribution in [1.29, 1.82) is 0 Å². The minimum atomic E-state index is 0.0328. The lowest BCUT2D eigenvalue weighted by Gasteiger charge is -2.12. The van der Waals surface area contributed by atoms with Crippen molar-refractivity contribution >= 4 is 28.6 Å². The number of carbonyl (C=O) groups is 1. The maximum absolute atomic E-state index is 12.9. The smallest absolute Gasteiger partial charge is 0.252 e. The first-order chi connectivity index (χ1) is 12.3. The number of aryl methyl sites for hydroxylation is 1. The average Bonchev–Trinajstić information content (AvgIpc) is 3.11. The molecule has 0 saturated carbocycles. The van der Waals surface area contributed by atoms with Crippen LogP contribution in [0.3, 0.4) is 0 Å². The number of carbonyl (C=O) groups excluding carboxylic acids is 1. The zero-order valence-corrected chi connectivity index (χ0v) is 14.8. The van der Waals surface area contributed by atoms with Gasteiger partial charge in [-0.05, 0) is 43.0 Å². The summed E-state index contributed by atoms with van der Waals surface area (Å²) in [5.74, 6) is 0.895. The van der Waals surface area contributed by atoms with Gasteiger partial charge in [0, 0.05) is 28.3 Å². The van der Waals surface area contributed by atoms with Gasteiger partial charge in [-0.25, -0.2) is 0 Å². The van der Waals surface area contributed by atoms with Crippen LogP contribution < -0.4 is 5.32 Å². The van der Waals surface area contributed by atoms with Crippen LogP contribution in [0.2, 0.25) is 0 Å². The molecule has 0 aliphatic heterocycles. The number of para-hydroxylation sites is 1. The normalized spacial score (nSPS) is 13.0. The highest BCUT2D eigenvalue weighted by molar-refractivity contribution is 7.99. The Labute approximate surface area is 151 Å². The molecule has 0 atom stereocenters. The summed E-state index contributed by atoms with van der Waals surface area (Å²) in [7, 11) is 0. The highest BCUT2D eigenvalue weighted by Crippen LogP contribution is 2.29. The number of fused-ring (bicyclic) bond motifs is 2. The molecule has 2 aromatic carbocycles. The van der Waals surface area contributed by atoms with Gasteiger partial charge in [-0.2, -0.15) is 0 Å². The van der Waals surface area contributed by atoms with E-state index in [4.69, 9.17) is 4.98 Å². The lowest BCUT2D eigenvalue weighted by molar-refractivity contribution is 0.0957. The fourth-order valence-electron chi connectivity index (χ4n) is 3.41. The van der Waals surface area contributed by atoms with E-state index in [1.807, 2.05) is 42.5 Å². The molecule has 1 amide bonds. The van der Waals surface area contributed by atoms with Crippen LogP contribution in [0.25, 0.3) is 10.9 Å². The van der Waals surface area contributed by atoms with Crippen LogP contribution in [0.15, 0.2) is 59.5 Å². The summed E-state index contributed by atoms with van der Waals surface area (Å²) in [5.41, 5.74) is 4.00. The second-order valence-corrected chi connectivity index (χ2v) is 7.37. The number of amides is 1. The fraction of sp³-hybridized carbons (Fsp3) is 0.238. The Hall–Kier alpha value is -2.33. The van der Waals surface area contributed by atoms with E-state index >= 15 is 0 Å². The summed E-state index contributed by atoms with van der Waals surface area (Å²) in [6, 6.07) is 18.2. The Morgan fingerprint density at radius 1 is 1.04 bits per heavy atom. The molecule has 3 aromatic rings. The second kappa shape index (κ2) is 7.28. The van der Waals surface area contributed by atoms with Crippen LogP contribution in [0.1, 0.15) is 28.0 Å². The molecule has 126 valence electrons. The standard InChI is InChI=1S/C21H20N2OS/c24-21(22-13-14-25-15-7-2-1-3-8-15)20-16-9-4-5-11-18(16)23-19-12-6-10-17(19)20/h1-5,7-9,11H,6,10,12-14H2,(H,22,24). The van der Waals surface area contributed by atoms with Crippen LogP contribution in [-0.4, -0.2) is 23.2 Å². The molecule has 4 heteroatoms. The summed E-state index contributed by atoms with van der Waals surface area (Å²) in [6.45, 7) is 0.657. The molecular formula is C21H20N2OS. The first-order valence-electron chi connectivity index (χ1n) is 8.69. The van der Waals surface area contributed by atoms with Crippen molar-refractivity contribution in [3.63, 3.8) is 0 Å². The Morgan fingerprint density at radius 3 is 2.72 bits per heavy atom. The molecule has 1 aliphatic carbocycles. The molecule has 3 nitrogen and oxygen atoms in total. The van der Waals surface area contributed by atoms with Crippen molar-refractivity contribution < 1.29 is 4.79 Å². The Kier molecular flexibility index (Phi) is 4.70. The zero-order valence-electron chi connectivity index (χ0n) is 14.0. The summed E-state index contributed by atoms with van der Waals surface area (Å²) >= 11 is 1.76. The first kappa shape index (κ1) is 16.2. The van der Waals surface area contributed by atoms with Crippen molar-refractivity contribution in [3.8, 4) is 0 Å². The Morgan fingerprint density at radius 2 is 1.84 bits per heavy atom. The zero-order chi connectivity index (χ0) is 17.1. The molecule has 0 unspecified atom stereocenters. The first-order valence-corrected chi connectivity index (χ1v) is 9.68. The number of nitrogens with zero attached hydrogens (tertiary/aromatic N) is 1. The van der Waals surface area contributed by atoms with E-state index < -0.39 is 0 Å². The van der Waals surface area contributed by atoms with E-state index in [0.717, 1.165) is 52.7 Å². The largest absolute Gasteiger partial charge is 0.351 e. The van der Waals surface area contributed by atoms with Gasteiger partial charge in [0.05, 0.1) is 11.1 Å². The Bertz CT molecular complexity index is 908. The molecule has 1 aromatic heterocycles. The number of hydrogen-bond donors (Lipinski definition) is 1. The molecular weight excluding hydrogens is 328 g/mol. The van der Waals surface area contributed by atoms with Crippen LogP contribution in [0.4, 0.5) is 0 Å². The van der Waals surface area contributed by atoms with Crippen LogP contribution in [0.5, 0.6) is 0 Å². The summed E-state index contributed by atoms with van der Waals surface area (Å²) in [5, 5.41) is 4.07. The van der Waals surface area contributed by atoms with Gasteiger partial charge in [0.25, 0.3) is 5.91 Å². The molecule has 0 saturated heterocycles. The summed E-state index contributed by atoms with van der Waals surface area (Å²) in [4.78, 5) is 18.9. The van der Waals surface area contributed by atoms with Gasteiger partial charge >= 0.3 is 0 Å². The highest BCUT2D eigenvalue weighted by atomic mass is 32.2. The van der Waals surface area contributed by atoms with Crippen LogP contribution in [-0.2, 0) is 12.8 Å². The lowest BCUT2D eigenvalue weighted by atomic mass is 10.0. The van der Waals surface area contributed by atoms with Gasteiger partial charge < -0.3 is 5.32 Å². The third kappa shape index (κ3) is 3.40. The monoisotopic (exact) mass is 348 g/mol. The summed E-state index contributed by atoms with van der Waals surface area (Å²) in [6.07, 6.45) is 3.02. The van der Waals surface area contributed by atoms with Gasteiger partial charge in [0.15, 0.2) is 0 Å². The topological polar surface area (TPSA) is 42.0 Å². The third-order valence-electron chi connectivity index (χ3n) is 4.55. The molecule has 0 spiro atoms. The average molecular weight is 348 g/mol. The molecule has 1 aliphatic rings. The minimum Gasteiger partial charge on any atom is -0.351 e. The maximum atomic E-state index is 12.9. The van der Waals surface area contributed by atoms with E-state index in [1.165, 1.54) is 4.90 Å².